The molecule has 0 aliphatic carbocycles. The van der Waals surface area contributed by atoms with Gasteiger partial charge >= 0.3 is 0 Å². The number of pyridine rings is 1. The van der Waals surface area contributed by atoms with Crippen LogP contribution in [0.1, 0.15) is 13.8 Å². The van der Waals surface area contributed by atoms with Crippen LogP contribution >= 0.6 is 11.8 Å². The zero-order valence-corrected chi connectivity index (χ0v) is 9.80. The Morgan fingerprint density at radius 2 is 2.27 bits per heavy atom. The Balaban J connectivity index is 2.53. The second kappa shape index (κ2) is 5.60. The number of anilines is 1. The first-order valence-corrected chi connectivity index (χ1v) is 5.47. The van der Waals surface area contributed by atoms with Crippen LogP contribution in [0.4, 0.5) is 10.5 Å². The fourth-order valence-corrected chi connectivity index (χ4v) is 1.54. The van der Waals surface area contributed by atoms with Gasteiger partial charge in [0, 0.05) is 11.3 Å². The van der Waals surface area contributed by atoms with Crippen LogP contribution in [0.2, 0.25) is 0 Å². The molecule has 0 spiro atoms. The van der Waals surface area contributed by atoms with Gasteiger partial charge in [0.05, 0.1) is 19.0 Å². The third kappa shape index (κ3) is 4.20. The number of ether oxygens (including phenoxy) is 1. The van der Waals surface area contributed by atoms with E-state index in [1.165, 1.54) is 11.8 Å². The molecule has 0 fully saturated rings. The van der Waals surface area contributed by atoms with Crippen LogP contribution in [-0.2, 0) is 0 Å². The van der Waals surface area contributed by atoms with Gasteiger partial charge in [0.25, 0.3) is 5.24 Å². The first-order valence-electron chi connectivity index (χ1n) is 4.59. The van der Waals surface area contributed by atoms with Gasteiger partial charge in [-0.3, -0.25) is 4.79 Å². The Morgan fingerprint density at radius 1 is 1.53 bits per heavy atom. The zero-order chi connectivity index (χ0) is 11.3. The summed E-state index contributed by atoms with van der Waals surface area (Å²) in [6.07, 6.45) is 1.57. The van der Waals surface area contributed by atoms with Gasteiger partial charge in [-0.1, -0.05) is 25.6 Å². The number of carbonyl (C=O) groups excluding carboxylic acids is 1. The Bertz CT molecular complexity index is 325. The molecule has 1 rings (SSSR count). The van der Waals surface area contributed by atoms with Crippen molar-refractivity contribution in [3.63, 3.8) is 0 Å². The molecule has 1 heterocycles. The van der Waals surface area contributed by atoms with Crippen molar-refractivity contribution >= 4 is 22.7 Å². The van der Waals surface area contributed by atoms with Crippen molar-refractivity contribution in [1.82, 2.24) is 4.98 Å². The van der Waals surface area contributed by atoms with Crippen LogP contribution in [0, 0.1) is 0 Å². The van der Waals surface area contributed by atoms with E-state index in [2.05, 4.69) is 10.3 Å². The molecule has 0 aromatic carbocycles. The standard InChI is InChI=1S/C10H14N2O2S/c1-7(2)15-10(13)12-8-4-5-9(14-3)11-6-8/h4-7H,1-3H3,(H,12,13). The lowest BCUT2D eigenvalue weighted by Crippen LogP contribution is -2.08. The van der Waals surface area contributed by atoms with E-state index in [1.807, 2.05) is 13.8 Å². The molecule has 1 aromatic rings. The number of rotatable bonds is 3. The number of hydrogen-bond acceptors (Lipinski definition) is 4. The minimum absolute atomic E-state index is 0.0723. The molecule has 15 heavy (non-hydrogen) atoms. The molecular formula is C10H14N2O2S. The Kier molecular flexibility index (Phi) is 4.42. The fourth-order valence-electron chi connectivity index (χ4n) is 0.936. The lowest BCUT2D eigenvalue weighted by molar-refractivity contribution is 0.269. The summed E-state index contributed by atoms with van der Waals surface area (Å²) in [5.41, 5.74) is 0.675. The van der Waals surface area contributed by atoms with Crippen LogP contribution in [0.15, 0.2) is 18.3 Å². The highest BCUT2D eigenvalue weighted by Gasteiger charge is 2.05. The molecular weight excluding hydrogens is 212 g/mol. The molecule has 0 atom stereocenters. The monoisotopic (exact) mass is 226 g/mol. The molecule has 0 bridgehead atoms. The molecule has 4 nitrogen and oxygen atoms in total. The van der Waals surface area contributed by atoms with E-state index in [-0.39, 0.29) is 10.5 Å². The van der Waals surface area contributed by atoms with Gasteiger partial charge in [-0.25, -0.2) is 4.98 Å². The van der Waals surface area contributed by atoms with E-state index in [0.717, 1.165) is 0 Å². The highest BCUT2D eigenvalue weighted by atomic mass is 32.2. The second-order valence-corrected chi connectivity index (χ2v) is 4.72. The minimum Gasteiger partial charge on any atom is -0.481 e. The van der Waals surface area contributed by atoms with E-state index in [0.29, 0.717) is 11.6 Å². The molecule has 0 radical (unpaired) electrons. The summed E-state index contributed by atoms with van der Waals surface area (Å²) < 4.78 is 4.91. The van der Waals surface area contributed by atoms with Crippen molar-refractivity contribution < 1.29 is 9.53 Å². The number of hydrogen-bond donors (Lipinski definition) is 1. The van der Waals surface area contributed by atoms with Gasteiger partial charge in [-0.15, -0.1) is 0 Å². The topological polar surface area (TPSA) is 51.2 Å². The van der Waals surface area contributed by atoms with Gasteiger partial charge in [0.15, 0.2) is 0 Å². The molecule has 1 amide bonds. The quantitative estimate of drug-likeness (QED) is 0.861. The first kappa shape index (κ1) is 11.8. The van der Waals surface area contributed by atoms with Crippen molar-refractivity contribution in [2.75, 3.05) is 12.4 Å². The predicted octanol–water partition coefficient (Wildman–Crippen LogP) is 2.76. The third-order valence-electron chi connectivity index (χ3n) is 1.53. The van der Waals surface area contributed by atoms with Crippen LogP contribution < -0.4 is 10.1 Å². The number of nitrogens with zero attached hydrogens (tertiary/aromatic N) is 1. The number of thioether (sulfide) groups is 1. The van der Waals surface area contributed by atoms with Crippen LogP contribution in [0.3, 0.4) is 0 Å². The van der Waals surface area contributed by atoms with Crippen molar-refractivity contribution in [2.24, 2.45) is 0 Å². The van der Waals surface area contributed by atoms with E-state index in [1.54, 1.807) is 25.4 Å². The molecule has 0 aliphatic heterocycles. The summed E-state index contributed by atoms with van der Waals surface area (Å²) in [7, 11) is 1.55. The molecule has 0 aliphatic rings. The maximum absolute atomic E-state index is 11.4. The lowest BCUT2D eigenvalue weighted by Gasteiger charge is -2.06. The van der Waals surface area contributed by atoms with Crippen molar-refractivity contribution in [3.8, 4) is 5.88 Å². The van der Waals surface area contributed by atoms with Crippen molar-refractivity contribution in [2.45, 2.75) is 19.1 Å². The van der Waals surface area contributed by atoms with E-state index >= 15 is 0 Å². The molecule has 1 N–H and O–H groups in total. The van der Waals surface area contributed by atoms with E-state index in [4.69, 9.17) is 4.74 Å². The zero-order valence-electron chi connectivity index (χ0n) is 8.98. The van der Waals surface area contributed by atoms with Crippen LogP contribution in [0.5, 0.6) is 5.88 Å². The average Bonchev–Trinajstić information content (AvgIpc) is 2.17. The van der Waals surface area contributed by atoms with Crippen LogP contribution in [-0.4, -0.2) is 22.6 Å². The molecule has 0 saturated carbocycles. The minimum atomic E-state index is -0.0723. The largest absolute Gasteiger partial charge is 0.481 e. The lowest BCUT2D eigenvalue weighted by atomic mass is 10.4. The summed E-state index contributed by atoms with van der Waals surface area (Å²) in [4.78, 5) is 15.4. The molecule has 82 valence electrons. The van der Waals surface area contributed by atoms with Crippen molar-refractivity contribution in [1.29, 1.82) is 0 Å². The van der Waals surface area contributed by atoms with Gasteiger partial charge in [-0.05, 0) is 6.07 Å². The maximum atomic E-state index is 11.4. The fraction of sp³-hybridized carbons (Fsp3) is 0.400. The number of amides is 1. The Morgan fingerprint density at radius 3 is 2.73 bits per heavy atom. The Labute approximate surface area is 93.4 Å². The number of nitrogens with one attached hydrogen (secondary N) is 1. The van der Waals surface area contributed by atoms with E-state index in [9.17, 15) is 4.79 Å². The summed E-state index contributed by atoms with van der Waals surface area (Å²) in [6, 6.07) is 3.46. The normalized spacial score (nSPS) is 10.1. The average molecular weight is 226 g/mol. The van der Waals surface area contributed by atoms with Crippen LogP contribution in [0.25, 0.3) is 0 Å². The molecule has 0 saturated heterocycles. The van der Waals surface area contributed by atoms with Gasteiger partial charge in [0.1, 0.15) is 0 Å². The van der Waals surface area contributed by atoms with Crippen molar-refractivity contribution in [3.05, 3.63) is 18.3 Å². The highest BCUT2D eigenvalue weighted by molar-refractivity contribution is 8.14. The first-order chi connectivity index (χ1) is 7.11. The Hall–Kier alpha value is -1.23. The summed E-state index contributed by atoms with van der Waals surface area (Å²) in [5, 5.41) is 2.93. The number of carbonyl (C=O) groups is 1. The summed E-state index contributed by atoms with van der Waals surface area (Å²) in [6.45, 7) is 3.94. The molecule has 0 unspecified atom stereocenters. The number of methoxy groups -OCH3 is 1. The summed E-state index contributed by atoms with van der Waals surface area (Å²) >= 11 is 1.25. The highest BCUT2D eigenvalue weighted by Crippen LogP contribution is 2.16. The number of aromatic nitrogens is 1. The predicted molar refractivity (Wildman–Crippen MR) is 62.5 cm³/mol. The van der Waals surface area contributed by atoms with Gasteiger partial charge in [0.2, 0.25) is 5.88 Å². The second-order valence-electron chi connectivity index (χ2n) is 3.17. The smallest absolute Gasteiger partial charge is 0.283 e. The SMILES string of the molecule is COc1ccc(NC(=O)SC(C)C)cn1. The van der Waals surface area contributed by atoms with Gasteiger partial charge < -0.3 is 10.1 Å². The third-order valence-corrected chi connectivity index (χ3v) is 2.32. The maximum Gasteiger partial charge on any atom is 0.283 e. The van der Waals surface area contributed by atoms with Gasteiger partial charge in [-0.2, -0.15) is 0 Å². The van der Waals surface area contributed by atoms with E-state index < -0.39 is 0 Å². The summed E-state index contributed by atoms with van der Waals surface area (Å²) in [5.74, 6) is 0.532. The molecule has 1 aromatic heterocycles. The molecule has 5 heteroatoms.